The SMILES string of the molecule is Cc1cc(C)c2c(CNCC(C)C)cc(C)nc2c1. The van der Waals surface area contributed by atoms with E-state index in [-0.39, 0.29) is 0 Å². The predicted molar refractivity (Wildman–Crippen MR) is 82.5 cm³/mol. The fraction of sp³-hybridized carbons (Fsp3) is 0.471. The number of aromatic nitrogens is 1. The van der Waals surface area contributed by atoms with Crippen LogP contribution < -0.4 is 5.32 Å². The molecule has 19 heavy (non-hydrogen) atoms. The maximum Gasteiger partial charge on any atom is 0.0713 e. The number of fused-ring (bicyclic) bond motifs is 1. The molecule has 2 rings (SSSR count). The molecule has 0 spiro atoms. The summed E-state index contributed by atoms with van der Waals surface area (Å²) in [6.07, 6.45) is 0. The summed E-state index contributed by atoms with van der Waals surface area (Å²) < 4.78 is 0. The van der Waals surface area contributed by atoms with Crippen LogP contribution in [0.25, 0.3) is 10.9 Å². The molecular formula is C17H24N2. The molecule has 0 bridgehead atoms. The first-order valence-electron chi connectivity index (χ1n) is 7.05. The van der Waals surface area contributed by atoms with Crippen molar-refractivity contribution in [1.82, 2.24) is 10.3 Å². The Balaban J connectivity index is 2.41. The summed E-state index contributed by atoms with van der Waals surface area (Å²) in [4.78, 5) is 4.67. The Kier molecular flexibility index (Phi) is 4.20. The molecule has 0 atom stereocenters. The molecule has 0 saturated heterocycles. The summed E-state index contributed by atoms with van der Waals surface area (Å²) in [6.45, 7) is 12.8. The lowest BCUT2D eigenvalue weighted by Crippen LogP contribution is -2.19. The number of hydrogen-bond donors (Lipinski definition) is 1. The summed E-state index contributed by atoms with van der Waals surface area (Å²) in [5.41, 5.74) is 6.19. The molecule has 0 saturated carbocycles. The van der Waals surface area contributed by atoms with Crippen LogP contribution in [0.3, 0.4) is 0 Å². The van der Waals surface area contributed by atoms with Gasteiger partial charge in [0, 0.05) is 17.6 Å². The minimum atomic E-state index is 0.678. The molecule has 0 fully saturated rings. The predicted octanol–water partition coefficient (Wildman–Crippen LogP) is 3.91. The van der Waals surface area contributed by atoms with Crippen molar-refractivity contribution in [2.75, 3.05) is 6.54 Å². The van der Waals surface area contributed by atoms with Gasteiger partial charge in [0.1, 0.15) is 0 Å². The van der Waals surface area contributed by atoms with Crippen molar-refractivity contribution >= 4 is 10.9 Å². The zero-order valence-electron chi connectivity index (χ0n) is 12.7. The summed E-state index contributed by atoms with van der Waals surface area (Å²) in [5.74, 6) is 0.678. The Morgan fingerprint density at radius 2 is 1.84 bits per heavy atom. The van der Waals surface area contributed by atoms with Crippen LogP contribution in [-0.2, 0) is 6.54 Å². The second-order valence-corrected chi connectivity index (χ2v) is 5.92. The fourth-order valence-corrected chi connectivity index (χ4v) is 2.63. The molecule has 0 aliphatic rings. The van der Waals surface area contributed by atoms with Gasteiger partial charge in [-0.15, -0.1) is 0 Å². The minimum absolute atomic E-state index is 0.678. The third-order valence-corrected chi connectivity index (χ3v) is 3.33. The second kappa shape index (κ2) is 5.70. The smallest absolute Gasteiger partial charge is 0.0713 e. The van der Waals surface area contributed by atoms with Crippen LogP contribution in [0.2, 0.25) is 0 Å². The van der Waals surface area contributed by atoms with E-state index in [2.05, 4.69) is 63.1 Å². The first-order chi connectivity index (χ1) is 8.97. The molecule has 0 aliphatic heterocycles. The van der Waals surface area contributed by atoms with Gasteiger partial charge in [-0.3, -0.25) is 4.98 Å². The highest BCUT2D eigenvalue weighted by molar-refractivity contribution is 5.86. The highest BCUT2D eigenvalue weighted by Crippen LogP contribution is 2.23. The first-order valence-corrected chi connectivity index (χ1v) is 7.05. The number of pyridine rings is 1. The van der Waals surface area contributed by atoms with Crippen molar-refractivity contribution in [2.24, 2.45) is 5.92 Å². The van der Waals surface area contributed by atoms with Crippen molar-refractivity contribution in [3.05, 3.63) is 40.6 Å². The Labute approximate surface area is 116 Å². The van der Waals surface area contributed by atoms with Gasteiger partial charge in [0.2, 0.25) is 0 Å². The Morgan fingerprint density at radius 1 is 1.11 bits per heavy atom. The van der Waals surface area contributed by atoms with Crippen molar-refractivity contribution in [3.63, 3.8) is 0 Å². The average molecular weight is 256 g/mol. The van der Waals surface area contributed by atoms with Gasteiger partial charge in [0.15, 0.2) is 0 Å². The van der Waals surface area contributed by atoms with Gasteiger partial charge < -0.3 is 5.32 Å². The zero-order valence-corrected chi connectivity index (χ0v) is 12.7. The van der Waals surface area contributed by atoms with Crippen molar-refractivity contribution in [1.29, 1.82) is 0 Å². The Morgan fingerprint density at radius 3 is 2.53 bits per heavy atom. The minimum Gasteiger partial charge on any atom is -0.312 e. The zero-order chi connectivity index (χ0) is 14.0. The monoisotopic (exact) mass is 256 g/mol. The third-order valence-electron chi connectivity index (χ3n) is 3.33. The lowest BCUT2D eigenvalue weighted by Gasteiger charge is -2.13. The van der Waals surface area contributed by atoms with E-state index in [4.69, 9.17) is 0 Å². The maximum atomic E-state index is 4.67. The number of nitrogens with one attached hydrogen (secondary N) is 1. The van der Waals surface area contributed by atoms with Crippen LogP contribution in [0.5, 0.6) is 0 Å². The molecule has 1 heterocycles. The van der Waals surface area contributed by atoms with E-state index in [9.17, 15) is 0 Å². The molecule has 0 aliphatic carbocycles. The summed E-state index contributed by atoms with van der Waals surface area (Å²) in [7, 11) is 0. The molecule has 0 radical (unpaired) electrons. The van der Waals surface area contributed by atoms with Gasteiger partial charge in [0.05, 0.1) is 5.52 Å². The van der Waals surface area contributed by atoms with Gasteiger partial charge in [0.25, 0.3) is 0 Å². The lowest BCUT2D eigenvalue weighted by atomic mass is 10.0. The van der Waals surface area contributed by atoms with E-state index in [0.29, 0.717) is 5.92 Å². The third kappa shape index (κ3) is 3.32. The molecule has 2 heteroatoms. The van der Waals surface area contributed by atoms with Crippen molar-refractivity contribution in [2.45, 2.75) is 41.2 Å². The second-order valence-electron chi connectivity index (χ2n) is 5.92. The molecule has 0 unspecified atom stereocenters. The molecule has 0 amide bonds. The summed E-state index contributed by atoms with van der Waals surface area (Å²) in [5, 5.41) is 4.85. The van der Waals surface area contributed by atoms with E-state index in [0.717, 1.165) is 24.3 Å². The van der Waals surface area contributed by atoms with Gasteiger partial charge >= 0.3 is 0 Å². The van der Waals surface area contributed by atoms with Crippen molar-refractivity contribution < 1.29 is 0 Å². The molecular weight excluding hydrogens is 232 g/mol. The Hall–Kier alpha value is -1.41. The van der Waals surface area contributed by atoms with Gasteiger partial charge in [-0.05, 0) is 62.1 Å². The van der Waals surface area contributed by atoms with E-state index in [1.165, 1.54) is 22.1 Å². The summed E-state index contributed by atoms with van der Waals surface area (Å²) >= 11 is 0. The van der Waals surface area contributed by atoms with Crippen LogP contribution in [0, 0.1) is 26.7 Å². The molecule has 1 N–H and O–H groups in total. The fourth-order valence-electron chi connectivity index (χ4n) is 2.63. The lowest BCUT2D eigenvalue weighted by molar-refractivity contribution is 0.553. The van der Waals surface area contributed by atoms with Crippen LogP contribution in [0.15, 0.2) is 18.2 Å². The maximum absolute atomic E-state index is 4.67. The number of rotatable bonds is 4. The molecule has 1 aromatic carbocycles. The van der Waals surface area contributed by atoms with Crippen LogP contribution in [0.1, 0.15) is 36.2 Å². The normalized spacial score (nSPS) is 11.5. The largest absolute Gasteiger partial charge is 0.312 e. The molecule has 102 valence electrons. The van der Waals surface area contributed by atoms with Crippen LogP contribution in [0.4, 0.5) is 0 Å². The number of hydrogen-bond acceptors (Lipinski definition) is 2. The number of benzene rings is 1. The first kappa shape index (κ1) is 14.0. The van der Waals surface area contributed by atoms with E-state index in [1.54, 1.807) is 0 Å². The van der Waals surface area contributed by atoms with E-state index >= 15 is 0 Å². The number of aryl methyl sites for hydroxylation is 3. The molecule has 1 aromatic heterocycles. The van der Waals surface area contributed by atoms with Crippen LogP contribution >= 0.6 is 0 Å². The highest BCUT2D eigenvalue weighted by atomic mass is 14.9. The van der Waals surface area contributed by atoms with Gasteiger partial charge in [-0.2, -0.15) is 0 Å². The highest BCUT2D eigenvalue weighted by Gasteiger charge is 2.07. The molecule has 2 aromatic rings. The Bertz CT molecular complexity index is 580. The van der Waals surface area contributed by atoms with Crippen LogP contribution in [-0.4, -0.2) is 11.5 Å². The van der Waals surface area contributed by atoms with Crippen molar-refractivity contribution in [3.8, 4) is 0 Å². The van der Waals surface area contributed by atoms with Gasteiger partial charge in [-0.1, -0.05) is 19.9 Å². The standard InChI is InChI=1S/C17H24N2/c1-11(2)9-18-10-15-8-14(5)19-16-7-12(3)6-13(4)17(15)16/h6-8,11,18H,9-10H2,1-5H3. The van der Waals surface area contributed by atoms with E-state index < -0.39 is 0 Å². The quantitative estimate of drug-likeness (QED) is 0.897. The number of nitrogens with zero attached hydrogens (tertiary/aromatic N) is 1. The molecule has 2 nitrogen and oxygen atoms in total. The van der Waals surface area contributed by atoms with E-state index in [1.807, 2.05) is 0 Å². The summed E-state index contributed by atoms with van der Waals surface area (Å²) in [6, 6.07) is 6.63. The topological polar surface area (TPSA) is 24.9 Å². The van der Waals surface area contributed by atoms with Gasteiger partial charge in [-0.25, -0.2) is 0 Å². The average Bonchev–Trinajstić information content (AvgIpc) is 2.26.